The van der Waals surface area contributed by atoms with Gasteiger partial charge >= 0.3 is 0 Å². The van der Waals surface area contributed by atoms with E-state index in [0.717, 1.165) is 5.56 Å². The summed E-state index contributed by atoms with van der Waals surface area (Å²) in [6, 6.07) is 1.52. The third kappa shape index (κ3) is 2.50. The molecule has 2 N–H and O–H groups in total. The maximum atomic E-state index is 10.6. The standard InChI is InChI=1S/C9H13N3O2/c1-6(10)3-8-4-9(12(13)14)7(2)11-5-8/h4-6H,3,10H2,1-2H3/t6-/m1/s1. The molecule has 0 fully saturated rings. The van der Waals surface area contributed by atoms with Gasteiger partial charge in [-0.3, -0.25) is 15.1 Å². The minimum Gasteiger partial charge on any atom is -0.328 e. The van der Waals surface area contributed by atoms with Crippen molar-refractivity contribution in [3.63, 3.8) is 0 Å². The number of aryl methyl sites for hydroxylation is 1. The number of nitro groups is 1. The van der Waals surface area contributed by atoms with E-state index in [2.05, 4.69) is 4.98 Å². The molecule has 0 radical (unpaired) electrons. The molecule has 0 aliphatic heterocycles. The van der Waals surface area contributed by atoms with E-state index >= 15 is 0 Å². The predicted molar refractivity (Wildman–Crippen MR) is 53.0 cm³/mol. The zero-order valence-electron chi connectivity index (χ0n) is 8.23. The number of aromatic nitrogens is 1. The average Bonchev–Trinajstić information content (AvgIpc) is 2.07. The number of hydrogen-bond donors (Lipinski definition) is 1. The lowest BCUT2D eigenvalue weighted by molar-refractivity contribution is -0.385. The summed E-state index contributed by atoms with van der Waals surface area (Å²) in [5.74, 6) is 0. The van der Waals surface area contributed by atoms with Crippen LogP contribution in [0.5, 0.6) is 0 Å². The Bertz CT molecular complexity index is 350. The summed E-state index contributed by atoms with van der Waals surface area (Å²) in [6.07, 6.45) is 2.24. The van der Waals surface area contributed by atoms with Crippen molar-refractivity contribution in [3.8, 4) is 0 Å². The quantitative estimate of drug-likeness (QED) is 0.580. The third-order valence-electron chi connectivity index (χ3n) is 1.87. The summed E-state index contributed by atoms with van der Waals surface area (Å²) in [6.45, 7) is 3.47. The molecular weight excluding hydrogens is 182 g/mol. The van der Waals surface area contributed by atoms with Gasteiger partial charge < -0.3 is 5.73 Å². The third-order valence-corrected chi connectivity index (χ3v) is 1.87. The minimum atomic E-state index is -0.424. The number of rotatable bonds is 3. The highest BCUT2D eigenvalue weighted by Gasteiger charge is 2.12. The van der Waals surface area contributed by atoms with Crippen LogP contribution < -0.4 is 5.73 Å². The van der Waals surface area contributed by atoms with Gasteiger partial charge in [0.05, 0.1) is 4.92 Å². The molecule has 1 heterocycles. The highest BCUT2D eigenvalue weighted by molar-refractivity contribution is 5.37. The molecule has 1 aromatic heterocycles. The first kappa shape index (κ1) is 10.6. The minimum absolute atomic E-state index is 0.0147. The summed E-state index contributed by atoms with van der Waals surface area (Å²) in [7, 11) is 0. The van der Waals surface area contributed by atoms with Gasteiger partial charge in [0.1, 0.15) is 5.69 Å². The number of hydrogen-bond acceptors (Lipinski definition) is 4. The Morgan fingerprint density at radius 2 is 2.36 bits per heavy atom. The lowest BCUT2D eigenvalue weighted by Crippen LogP contribution is -2.18. The molecule has 0 bridgehead atoms. The van der Waals surface area contributed by atoms with Crippen molar-refractivity contribution in [2.24, 2.45) is 5.73 Å². The maximum absolute atomic E-state index is 10.6. The normalized spacial score (nSPS) is 12.5. The van der Waals surface area contributed by atoms with Crippen LogP contribution in [0.25, 0.3) is 0 Å². The number of nitrogens with zero attached hydrogens (tertiary/aromatic N) is 2. The van der Waals surface area contributed by atoms with E-state index in [0.29, 0.717) is 12.1 Å². The summed E-state index contributed by atoms with van der Waals surface area (Å²) < 4.78 is 0. The van der Waals surface area contributed by atoms with E-state index in [1.807, 2.05) is 6.92 Å². The first-order valence-electron chi connectivity index (χ1n) is 4.36. The maximum Gasteiger partial charge on any atom is 0.290 e. The van der Waals surface area contributed by atoms with Crippen LogP contribution in [0.15, 0.2) is 12.3 Å². The molecule has 76 valence electrons. The molecule has 5 nitrogen and oxygen atoms in total. The van der Waals surface area contributed by atoms with Gasteiger partial charge in [-0.05, 0) is 25.8 Å². The van der Waals surface area contributed by atoms with Crippen LogP contribution in [0, 0.1) is 17.0 Å². The van der Waals surface area contributed by atoms with Crippen molar-refractivity contribution >= 4 is 5.69 Å². The molecule has 1 aromatic rings. The zero-order chi connectivity index (χ0) is 10.7. The highest BCUT2D eigenvalue weighted by atomic mass is 16.6. The molecule has 1 rings (SSSR count). The molecule has 0 spiro atoms. The molecule has 0 aliphatic rings. The molecule has 0 amide bonds. The Kier molecular flexibility index (Phi) is 3.14. The largest absolute Gasteiger partial charge is 0.328 e. The van der Waals surface area contributed by atoms with Gasteiger partial charge in [0.2, 0.25) is 0 Å². The average molecular weight is 195 g/mol. The van der Waals surface area contributed by atoms with E-state index in [-0.39, 0.29) is 11.7 Å². The summed E-state index contributed by atoms with van der Waals surface area (Å²) in [4.78, 5) is 14.1. The monoisotopic (exact) mass is 195 g/mol. The number of pyridine rings is 1. The van der Waals surface area contributed by atoms with Crippen molar-refractivity contribution in [2.75, 3.05) is 0 Å². The second-order valence-corrected chi connectivity index (χ2v) is 3.39. The molecule has 0 saturated carbocycles. The molecule has 0 unspecified atom stereocenters. The van der Waals surface area contributed by atoms with Crippen LogP contribution in [0.1, 0.15) is 18.2 Å². The fraction of sp³-hybridized carbons (Fsp3) is 0.444. The van der Waals surface area contributed by atoms with Crippen LogP contribution >= 0.6 is 0 Å². The van der Waals surface area contributed by atoms with E-state index in [1.165, 1.54) is 6.07 Å². The van der Waals surface area contributed by atoms with Crippen molar-refractivity contribution in [2.45, 2.75) is 26.3 Å². The van der Waals surface area contributed by atoms with Crippen LogP contribution in [0.3, 0.4) is 0 Å². The predicted octanol–water partition coefficient (Wildman–Crippen LogP) is 1.19. The molecule has 5 heteroatoms. The Hall–Kier alpha value is -1.49. The van der Waals surface area contributed by atoms with Gasteiger partial charge in [-0.25, -0.2) is 0 Å². The highest BCUT2D eigenvalue weighted by Crippen LogP contribution is 2.17. The van der Waals surface area contributed by atoms with Crippen molar-refractivity contribution < 1.29 is 4.92 Å². The topological polar surface area (TPSA) is 82.0 Å². The Balaban J connectivity index is 3.00. The molecule has 14 heavy (non-hydrogen) atoms. The van der Waals surface area contributed by atoms with Gasteiger partial charge in [0, 0.05) is 18.3 Å². The second kappa shape index (κ2) is 4.15. The van der Waals surface area contributed by atoms with Gasteiger partial charge in [-0.1, -0.05) is 0 Å². The lowest BCUT2D eigenvalue weighted by atomic mass is 10.1. The van der Waals surface area contributed by atoms with Gasteiger partial charge in [-0.15, -0.1) is 0 Å². The lowest BCUT2D eigenvalue weighted by Gasteiger charge is -2.04. The van der Waals surface area contributed by atoms with Crippen LogP contribution in [0.4, 0.5) is 5.69 Å². The Labute approximate surface area is 82.1 Å². The number of nitrogens with two attached hydrogens (primary N) is 1. The van der Waals surface area contributed by atoms with Crippen LogP contribution in [-0.4, -0.2) is 15.9 Å². The van der Waals surface area contributed by atoms with Crippen LogP contribution in [0.2, 0.25) is 0 Å². The smallest absolute Gasteiger partial charge is 0.290 e. The molecular formula is C9H13N3O2. The zero-order valence-corrected chi connectivity index (χ0v) is 8.23. The SMILES string of the molecule is Cc1ncc(C[C@@H](C)N)cc1[N+](=O)[O-]. The van der Waals surface area contributed by atoms with E-state index in [1.54, 1.807) is 13.1 Å². The summed E-state index contributed by atoms with van der Waals surface area (Å²) in [5.41, 5.74) is 6.89. The van der Waals surface area contributed by atoms with Crippen molar-refractivity contribution in [3.05, 3.63) is 33.6 Å². The molecule has 1 atom stereocenters. The second-order valence-electron chi connectivity index (χ2n) is 3.39. The fourth-order valence-corrected chi connectivity index (χ4v) is 1.23. The van der Waals surface area contributed by atoms with E-state index in [4.69, 9.17) is 5.73 Å². The van der Waals surface area contributed by atoms with Crippen molar-refractivity contribution in [1.82, 2.24) is 4.98 Å². The van der Waals surface area contributed by atoms with Gasteiger partial charge in [0.25, 0.3) is 5.69 Å². The Morgan fingerprint density at radius 1 is 1.71 bits per heavy atom. The first-order chi connectivity index (χ1) is 6.50. The van der Waals surface area contributed by atoms with Crippen molar-refractivity contribution in [1.29, 1.82) is 0 Å². The first-order valence-corrected chi connectivity index (χ1v) is 4.36. The molecule has 0 aromatic carbocycles. The summed E-state index contributed by atoms with van der Waals surface area (Å²) >= 11 is 0. The fourth-order valence-electron chi connectivity index (χ4n) is 1.23. The summed E-state index contributed by atoms with van der Waals surface area (Å²) in [5, 5.41) is 10.6. The molecule has 0 saturated heterocycles. The van der Waals surface area contributed by atoms with E-state index < -0.39 is 4.92 Å². The Morgan fingerprint density at radius 3 is 2.86 bits per heavy atom. The van der Waals surface area contributed by atoms with Crippen LogP contribution in [-0.2, 0) is 6.42 Å². The van der Waals surface area contributed by atoms with Gasteiger partial charge in [0.15, 0.2) is 0 Å². The van der Waals surface area contributed by atoms with E-state index in [9.17, 15) is 10.1 Å². The molecule has 0 aliphatic carbocycles. The van der Waals surface area contributed by atoms with Gasteiger partial charge in [-0.2, -0.15) is 0 Å².